The lowest BCUT2D eigenvalue weighted by atomic mass is 9.95. The van der Waals surface area contributed by atoms with Crippen LogP contribution in [-0.2, 0) is 4.79 Å². The lowest BCUT2D eigenvalue weighted by Gasteiger charge is -2.22. The number of nitrogens with zero attached hydrogens (tertiary/aromatic N) is 2. The second kappa shape index (κ2) is 9.48. The summed E-state index contributed by atoms with van der Waals surface area (Å²) in [5.41, 5.74) is 0.538. The third kappa shape index (κ3) is 5.78. The quantitative estimate of drug-likeness (QED) is 0.506. The van der Waals surface area contributed by atoms with E-state index in [-0.39, 0.29) is 11.8 Å². The summed E-state index contributed by atoms with van der Waals surface area (Å²) in [6.45, 7) is 0. The van der Waals surface area contributed by atoms with E-state index in [1.807, 2.05) is 6.07 Å². The molecule has 0 aliphatic heterocycles. The first-order valence-corrected chi connectivity index (χ1v) is 11.0. The Morgan fingerprint density at radius 2 is 2.04 bits per heavy atom. The molecule has 0 unspecified atom stereocenters. The molecule has 1 aromatic heterocycles. The maximum Gasteiger partial charge on any atom is 0.257 e. The van der Waals surface area contributed by atoms with Crippen LogP contribution in [0.15, 0.2) is 33.1 Å². The van der Waals surface area contributed by atoms with Crippen LogP contribution in [0, 0.1) is 0 Å². The minimum Gasteiger partial charge on any atom is -0.353 e. The number of halogens is 1. The number of hydrogen-bond acceptors (Lipinski definition) is 6. The van der Waals surface area contributed by atoms with E-state index in [2.05, 4.69) is 36.8 Å². The minimum atomic E-state index is -0.242. The molecule has 0 saturated heterocycles. The number of anilines is 1. The average molecular weight is 455 g/mol. The summed E-state index contributed by atoms with van der Waals surface area (Å²) in [6.07, 6.45) is 5.79. The number of nitrogens with one attached hydrogen (secondary N) is 2. The van der Waals surface area contributed by atoms with Gasteiger partial charge >= 0.3 is 0 Å². The number of amides is 2. The summed E-state index contributed by atoms with van der Waals surface area (Å²) in [7, 11) is 0. The predicted octanol–water partition coefficient (Wildman–Crippen LogP) is 4.09. The predicted molar refractivity (Wildman–Crippen MR) is 108 cm³/mol. The van der Waals surface area contributed by atoms with Crippen LogP contribution in [0.1, 0.15) is 42.5 Å². The molecule has 3 rings (SSSR count). The Kier molecular flexibility index (Phi) is 7.04. The van der Waals surface area contributed by atoms with Gasteiger partial charge in [-0.2, -0.15) is 0 Å². The van der Waals surface area contributed by atoms with Crippen molar-refractivity contribution in [2.75, 3.05) is 11.1 Å². The van der Waals surface area contributed by atoms with Crippen LogP contribution in [-0.4, -0.2) is 33.8 Å². The van der Waals surface area contributed by atoms with E-state index in [1.165, 1.54) is 42.4 Å². The Hall–Kier alpha value is -1.45. The Labute approximate surface area is 168 Å². The summed E-state index contributed by atoms with van der Waals surface area (Å²) in [5.74, 6) is 0.0934. The highest BCUT2D eigenvalue weighted by Gasteiger charge is 2.16. The molecular formula is C17H19BrN4O2S2. The standard InChI is InChI=1S/C17H19BrN4O2S2/c18-12-6-4-5-11(9-12)15(24)20-16-21-22-17(26-16)25-10-14(23)19-13-7-2-1-3-8-13/h4-6,9,13H,1-3,7-8,10H2,(H,19,23)(H,20,21,24). The minimum absolute atomic E-state index is 0.0248. The van der Waals surface area contributed by atoms with Crippen LogP contribution in [0.5, 0.6) is 0 Å². The lowest BCUT2D eigenvalue weighted by molar-refractivity contribution is -0.119. The van der Waals surface area contributed by atoms with Gasteiger partial charge in [0.15, 0.2) is 4.34 Å². The number of rotatable bonds is 6. The lowest BCUT2D eigenvalue weighted by Crippen LogP contribution is -2.37. The third-order valence-corrected chi connectivity index (χ3v) is 6.48. The molecule has 0 bridgehead atoms. The molecule has 0 radical (unpaired) electrons. The number of thioether (sulfide) groups is 1. The Morgan fingerprint density at radius 1 is 1.23 bits per heavy atom. The van der Waals surface area contributed by atoms with E-state index >= 15 is 0 Å². The molecule has 26 heavy (non-hydrogen) atoms. The molecule has 1 heterocycles. The Balaban J connectivity index is 1.47. The van der Waals surface area contributed by atoms with Gasteiger partial charge in [-0.1, -0.05) is 64.4 Å². The van der Waals surface area contributed by atoms with Gasteiger partial charge in [-0.15, -0.1) is 10.2 Å². The summed E-state index contributed by atoms with van der Waals surface area (Å²) in [4.78, 5) is 24.2. The summed E-state index contributed by atoms with van der Waals surface area (Å²) in [5, 5.41) is 14.2. The maximum atomic E-state index is 12.2. The second-order valence-corrected chi connectivity index (χ2v) is 9.14. The molecule has 9 heteroatoms. The van der Waals surface area contributed by atoms with Crippen molar-refractivity contribution >= 4 is 56.0 Å². The Morgan fingerprint density at radius 3 is 2.81 bits per heavy atom. The molecule has 1 aliphatic rings. The van der Waals surface area contributed by atoms with Gasteiger partial charge in [0.05, 0.1) is 5.75 Å². The first-order valence-electron chi connectivity index (χ1n) is 8.43. The van der Waals surface area contributed by atoms with E-state index in [4.69, 9.17) is 0 Å². The van der Waals surface area contributed by atoms with E-state index in [0.29, 0.717) is 26.8 Å². The summed E-state index contributed by atoms with van der Waals surface area (Å²) >= 11 is 5.95. The van der Waals surface area contributed by atoms with E-state index < -0.39 is 0 Å². The van der Waals surface area contributed by atoms with Crippen molar-refractivity contribution in [3.8, 4) is 0 Å². The molecule has 6 nitrogen and oxygen atoms in total. The van der Waals surface area contributed by atoms with Crippen LogP contribution < -0.4 is 10.6 Å². The molecule has 1 saturated carbocycles. The molecule has 0 spiro atoms. The van der Waals surface area contributed by atoms with Gasteiger partial charge in [0.25, 0.3) is 5.91 Å². The van der Waals surface area contributed by atoms with E-state index in [1.54, 1.807) is 18.2 Å². The van der Waals surface area contributed by atoms with E-state index in [0.717, 1.165) is 17.3 Å². The van der Waals surface area contributed by atoms with Gasteiger partial charge in [0.2, 0.25) is 11.0 Å². The third-order valence-electron chi connectivity index (χ3n) is 4.01. The van der Waals surface area contributed by atoms with Crippen molar-refractivity contribution in [2.45, 2.75) is 42.5 Å². The zero-order chi connectivity index (χ0) is 18.4. The molecule has 0 atom stereocenters. The van der Waals surface area contributed by atoms with Crippen LogP contribution in [0.4, 0.5) is 5.13 Å². The van der Waals surface area contributed by atoms with Crippen LogP contribution in [0.25, 0.3) is 0 Å². The summed E-state index contributed by atoms with van der Waals surface area (Å²) in [6, 6.07) is 7.43. The smallest absolute Gasteiger partial charge is 0.257 e. The topological polar surface area (TPSA) is 84.0 Å². The van der Waals surface area contributed by atoms with Crippen molar-refractivity contribution in [3.63, 3.8) is 0 Å². The number of carbonyl (C=O) groups excluding carboxylic acids is 2. The first-order chi connectivity index (χ1) is 12.6. The molecule has 1 aliphatic carbocycles. The van der Waals surface area contributed by atoms with Crippen molar-refractivity contribution in [2.24, 2.45) is 0 Å². The van der Waals surface area contributed by atoms with Crippen molar-refractivity contribution in [3.05, 3.63) is 34.3 Å². The van der Waals surface area contributed by atoms with Crippen LogP contribution in [0.2, 0.25) is 0 Å². The molecule has 1 fully saturated rings. The van der Waals surface area contributed by atoms with Gasteiger partial charge in [-0.25, -0.2) is 0 Å². The number of benzene rings is 1. The second-order valence-electron chi connectivity index (χ2n) is 6.03. The fourth-order valence-corrected chi connectivity index (χ4v) is 4.72. The largest absolute Gasteiger partial charge is 0.353 e. The zero-order valence-electron chi connectivity index (χ0n) is 14.0. The van der Waals surface area contributed by atoms with Gasteiger partial charge in [0, 0.05) is 16.1 Å². The molecular weight excluding hydrogens is 436 g/mol. The highest BCUT2D eigenvalue weighted by molar-refractivity contribution is 9.10. The zero-order valence-corrected chi connectivity index (χ0v) is 17.3. The van der Waals surface area contributed by atoms with Gasteiger partial charge in [-0.3, -0.25) is 14.9 Å². The number of hydrogen-bond donors (Lipinski definition) is 2. The van der Waals surface area contributed by atoms with E-state index in [9.17, 15) is 9.59 Å². The molecule has 138 valence electrons. The van der Waals surface area contributed by atoms with Gasteiger partial charge in [-0.05, 0) is 31.0 Å². The SMILES string of the molecule is O=C(CSc1nnc(NC(=O)c2cccc(Br)c2)s1)NC1CCCCC1. The first kappa shape index (κ1) is 19.3. The van der Waals surface area contributed by atoms with Crippen LogP contribution in [0.3, 0.4) is 0 Å². The number of carbonyl (C=O) groups is 2. The molecule has 2 amide bonds. The van der Waals surface area contributed by atoms with Gasteiger partial charge in [0.1, 0.15) is 0 Å². The average Bonchev–Trinajstić information content (AvgIpc) is 3.08. The number of aromatic nitrogens is 2. The van der Waals surface area contributed by atoms with Crippen molar-refractivity contribution in [1.29, 1.82) is 0 Å². The van der Waals surface area contributed by atoms with Crippen molar-refractivity contribution in [1.82, 2.24) is 15.5 Å². The van der Waals surface area contributed by atoms with Gasteiger partial charge < -0.3 is 5.32 Å². The fraction of sp³-hybridized carbons (Fsp3) is 0.412. The molecule has 2 N–H and O–H groups in total. The molecule has 1 aromatic carbocycles. The van der Waals surface area contributed by atoms with Crippen LogP contribution >= 0.6 is 39.0 Å². The normalized spacial score (nSPS) is 14.8. The highest BCUT2D eigenvalue weighted by atomic mass is 79.9. The fourth-order valence-electron chi connectivity index (χ4n) is 2.76. The summed E-state index contributed by atoms with van der Waals surface area (Å²) < 4.78 is 1.50. The van der Waals surface area contributed by atoms with Crippen molar-refractivity contribution < 1.29 is 9.59 Å². The Bertz CT molecular complexity index is 778. The maximum absolute atomic E-state index is 12.2. The monoisotopic (exact) mass is 454 g/mol. The highest BCUT2D eigenvalue weighted by Crippen LogP contribution is 2.26. The molecule has 2 aromatic rings.